The number of hydrogen-bond donors (Lipinski definition) is 0. The molecule has 61 heavy (non-hydrogen) atoms. The molecule has 0 rings (SSSR count). The minimum absolute atomic E-state index is 0.0770. The van der Waals surface area contributed by atoms with Crippen LogP contribution in [0.1, 0.15) is 278 Å². The topological polar surface area (TPSA) is 78.9 Å². The molecule has 0 aliphatic rings. The van der Waals surface area contributed by atoms with E-state index in [1.165, 1.54) is 154 Å². The van der Waals surface area contributed by atoms with Gasteiger partial charge in [0.15, 0.2) is 6.10 Å². The van der Waals surface area contributed by atoms with Crippen LogP contribution in [0.3, 0.4) is 0 Å². The van der Waals surface area contributed by atoms with Crippen molar-refractivity contribution in [3.63, 3.8) is 0 Å². The highest BCUT2D eigenvalue weighted by molar-refractivity contribution is 5.71. The van der Waals surface area contributed by atoms with Gasteiger partial charge in [-0.25, -0.2) is 0 Å². The molecule has 0 bridgehead atoms. The first-order chi connectivity index (χ1) is 30.0. The van der Waals surface area contributed by atoms with Crippen LogP contribution in [0.15, 0.2) is 36.5 Å². The molecule has 0 aliphatic carbocycles. The first-order valence-electron chi connectivity index (χ1n) is 26.5. The third-order valence-corrected chi connectivity index (χ3v) is 11.7. The highest BCUT2D eigenvalue weighted by Crippen LogP contribution is 2.16. The summed E-state index contributed by atoms with van der Waals surface area (Å²) in [6.45, 7) is 6.53. The molecular formula is C55H100O6. The fraction of sp³-hybridized carbons (Fsp3) is 0.836. The Morgan fingerprint density at radius 3 is 1.00 bits per heavy atom. The van der Waals surface area contributed by atoms with Gasteiger partial charge in [-0.15, -0.1) is 0 Å². The summed E-state index contributed by atoms with van der Waals surface area (Å²) in [6, 6.07) is 0. The number of hydrogen-bond acceptors (Lipinski definition) is 6. The Hall–Kier alpha value is -2.37. The van der Waals surface area contributed by atoms with Crippen LogP contribution in [-0.4, -0.2) is 37.2 Å². The quantitative estimate of drug-likeness (QED) is 0.0262. The third-order valence-electron chi connectivity index (χ3n) is 11.7. The molecule has 356 valence electrons. The van der Waals surface area contributed by atoms with Crippen LogP contribution < -0.4 is 0 Å². The SMILES string of the molecule is CC/C=C\C/C=C\C/C=C\CCCCCC(=O)OCC(COC(=O)CCCCCCCCCCCCCCCCCC)OC(=O)CCCCCCCCCCCCCCCC. The molecule has 0 aliphatic heterocycles. The summed E-state index contributed by atoms with van der Waals surface area (Å²) >= 11 is 0. The molecule has 0 N–H and O–H groups in total. The van der Waals surface area contributed by atoms with Gasteiger partial charge in [-0.3, -0.25) is 14.4 Å². The van der Waals surface area contributed by atoms with Gasteiger partial charge in [-0.1, -0.05) is 243 Å². The lowest BCUT2D eigenvalue weighted by Gasteiger charge is -2.18. The summed E-state index contributed by atoms with van der Waals surface area (Å²) in [7, 11) is 0. The van der Waals surface area contributed by atoms with E-state index in [1.807, 2.05) is 0 Å². The fourth-order valence-electron chi connectivity index (χ4n) is 7.69. The Balaban J connectivity index is 4.36. The first kappa shape index (κ1) is 58.6. The van der Waals surface area contributed by atoms with Gasteiger partial charge in [0.1, 0.15) is 13.2 Å². The van der Waals surface area contributed by atoms with Crippen molar-refractivity contribution in [1.29, 1.82) is 0 Å². The van der Waals surface area contributed by atoms with Crippen molar-refractivity contribution >= 4 is 17.9 Å². The van der Waals surface area contributed by atoms with Gasteiger partial charge in [-0.2, -0.15) is 0 Å². The number of rotatable bonds is 48. The van der Waals surface area contributed by atoms with E-state index in [1.54, 1.807) is 0 Å². The van der Waals surface area contributed by atoms with Crippen LogP contribution in [0.2, 0.25) is 0 Å². The molecule has 0 aromatic heterocycles. The molecule has 6 heteroatoms. The predicted molar refractivity (Wildman–Crippen MR) is 261 cm³/mol. The van der Waals surface area contributed by atoms with E-state index in [0.29, 0.717) is 19.3 Å². The Morgan fingerprint density at radius 2 is 0.639 bits per heavy atom. The largest absolute Gasteiger partial charge is 0.462 e. The Labute approximate surface area is 378 Å². The first-order valence-corrected chi connectivity index (χ1v) is 26.5. The highest BCUT2D eigenvalue weighted by Gasteiger charge is 2.19. The highest BCUT2D eigenvalue weighted by atomic mass is 16.6. The normalized spacial score (nSPS) is 12.2. The van der Waals surface area contributed by atoms with Gasteiger partial charge in [0.2, 0.25) is 0 Å². The Kier molecular flexibility index (Phi) is 48.3. The molecule has 0 saturated heterocycles. The van der Waals surface area contributed by atoms with Crippen molar-refractivity contribution in [2.24, 2.45) is 0 Å². The molecule has 0 amide bonds. The van der Waals surface area contributed by atoms with Crippen molar-refractivity contribution in [3.05, 3.63) is 36.5 Å². The number of carbonyl (C=O) groups excluding carboxylic acids is 3. The molecule has 0 saturated carbocycles. The van der Waals surface area contributed by atoms with Gasteiger partial charge in [0.05, 0.1) is 0 Å². The lowest BCUT2D eigenvalue weighted by Crippen LogP contribution is -2.30. The number of allylic oxidation sites excluding steroid dienone is 6. The van der Waals surface area contributed by atoms with Crippen molar-refractivity contribution in [3.8, 4) is 0 Å². The molecular weight excluding hydrogens is 757 g/mol. The second-order valence-corrected chi connectivity index (χ2v) is 17.8. The lowest BCUT2D eigenvalue weighted by atomic mass is 10.0. The molecule has 0 radical (unpaired) electrons. The maximum atomic E-state index is 12.8. The van der Waals surface area contributed by atoms with Gasteiger partial charge in [0.25, 0.3) is 0 Å². The predicted octanol–water partition coefficient (Wildman–Crippen LogP) is 17.3. The van der Waals surface area contributed by atoms with Crippen molar-refractivity contribution in [2.75, 3.05) is 13.2 Å². The van der Waals surface area contributed by atoms with Gasteiger partial charge in [-0.05, 0) is 51.4 Å². The van der Waals surface area contributed by atoms with E-state index in [0.717, 1.165) is 83.5 Å². The third kappa shape index (κ3) is 48.5. The van der Waals surface area contributed by atoms with E-state index in [-0.39, 0.29) is 31.1 Å². The zero-order valence-electron chi connectivity index (χ0n) is 40.7. The maximum Gasteiger partial charge on any atom is 0.306 e. The van der Waals surface area contributed by atoms with Gasteiger partial charge in [0, 0.05) is 19.3 Å². The van der Waals surface area contributed by atoms with E-state index in [9.17, 15) is 14.4 Å². The summed E-state index contributed by atoms with van der Waals surface area (Å²) < 4.78 is 16.8. The van der Waals surface area contributed by atoms with Crippen molar-refractivity contribution in [2.45, 2.75) is 284 Å². The van der Waals surface area contributed by atoms with Crippen LogP contribution in [0.4, 0.5) is 0 Å². The summed E-state index contributed by atoms with van der Waals surface area (Å²) in [5.41, 5.74) is 0. The number of carbonyl (C=O) groups is 3. The van der Waals surface area contributed by atoms with E-state index < -0.39 is 6.10 Å². The van der Waals surface area contributed by atoms with Crippen LogP contribution in [0.5, 0.6) is 0 Å². The monoisotopic (exact) mass is 857 g/mol. The summed E-state index contributed by atoms with van der Waals surface area (Å²) in [5, 5.41) is 0. The maximum absolute atomic E-state index is 12.8. The molecule has 0 fully saturated rings. The summed E-state index contributed by atoms with van der Waals surface area (Å²) in [6.07, 6.45) is 58.4. The van der Waals surface area contributed by atoms with E-state index in [4.69, 9.17) is 14.2 Å². The van der Waals surface area contributed by atoms with Gasteiger partial charge < -0.3 is 14.2 Å². The lowest BCUT2D eigenvalue weighted by molar-refractivity contribution is -0.167. The number of esters is 3. The zero-order chi connectivity index (χ0) is 44.4. The molecule has 1 unspecified atom stereocenters. The molecule has 0 heterocycles. The smallest absolute Gasteiger partial charge is 0.306 e. The Bertz CT molecular complexity index is 1030. The molecule has 1 atom stereocenters. The standard InChI is InChI=1S/C55H100O6/c1-4-7-10-13-16-19-22-25-27-28-31-33-36-39-42-45-48-54(57)60-51-52(50-59-53(56)47-44-41-38-35-32-29-24-21-18-15-12-9-6-3)61-55(58)49-46-43-40-37-34-30-26-23-20-17-14-11-8-5-2/h9,12,18,21,29,32,52H,4-8,10-11,13-17,19-20,22-28,30-31,33-51H2,1-3H3/b12-9-,21-18-,32-29-. The van der Waals surface area contributed by atoms with Crippen molar-refractivity contribution < 1.29 is 28.6 Å². The van der Waals surface area contributed by atoms with E-state index in [2.05, 4.69) is 57.2 Å². The van der Waals surface area contributed by atoms with Crippen molar-refractivity contribution in [1.82, 2.24) is 0 Å². The zero-order valence-corrected chi connectivity index (χ0v) is 40.7. The molecule has 0 spiro atoms. The molecule has 0 aromatic rings. The second kappa shape index (κ2) is 50.3. The number of unbranched alkanes of at least 4 members (excludes halogenated alkanes) is 31. The van der Waals surface area contributed by atoms with Crippen LogP contribution in [-0.2, 0) is 28.6 Å². The summed E-state index contributed by atoms with van der Waals surface area (Å²) in [4.78, 5) is 38.0. The van der Waals surface area contributed by atoms with E-state index >= 15 is 0 Å². The molecule has 6 nitrogen and oxygen atoms in total. The van der Waals surface area contributed by atoms with Gasteiger partial charge >= 0.3 is 17.9 Å². The Morgan fingerprint density at radius 1 is 0.344 bits per heavy atom. The molecule has 0 aromatic carbocycles. The fourth-order valence-corrected chi connectivity index (χ4v) is 7.69. The minimum atomic E-state index is -0.778. The minimum Gasteiger partial charge on any atom is -0.462 e. The average Bonchev–Trinajstić information content (AvgIpc) is 3.26. The number of ether oxygens (including phenoxy) is 3. The van der Waals surface area contributed by atoms with Crippen LogP contribution in [0.25, 0.3) is 0 Å². The second-order valence-electron chi connectivity index (χ2n) is 17.8. The van der Waals surface area contributed by atoms with Crippen LogP contribution >= 0.6 is 0 Å². The average molecular weight is 857 g/mol. The van der Waals surface area contributed by atoms with Crippen LogP contribution in [0, 0.1) is 0 Å². The summed E-state index contributed by atoms with van der Waals surface area (Å²) in [5.74, 6) is -0.894.